The van der Waals surface area contributed by atoms with Gasteiger partial charge < -0.3 is 10.4 Å². The SMILES string of the molecule is NNCC(O)CNC=O. The molecule has 0 bridgehead atoms. The summed E-state index contributed by atoms with van der Waals surface area (Å²) >= 11 is 0. The van der Waals surface area contributed by atoms with E-state index in [1.54, 1.807) is 0 Å². The van der Waals surface area contributed by atoms with Gasteiger partial charge in [-0.1, -0.05) is 0 Å². The topological polar surface area (TPSA) is 87.4 Å². The van der Waals surface area contributed by atoms with E-state index < -0.39 is 6.10 Å². The lowest BCUT2D eigenvalue weighted by Crippen LogP contribution is -2.37. The van der Waals surface area contributed by atoms with Gasteiger partial charge in [-0.2, -0.15) is 0 Å². The lowest BCUT2D eigenvalue weighted by molar-refractivity contribution is -0.109. The maximum Gasteiger partial charge on any atom is 0.207 e. The first-order valence-corrected chi connectivity index (χ1v) is 2.59. The number of rotatable bonds is 5. The van der Waals surface area contributed by atoms with Crippen LogP contribution in [0, 0.1) is 0 Å². The Morgan fingerprint density at radius 3 is 2.78 bits per heavy atom. The smallest absolute Gasteiger partial charge is 0.207 e. The molecule has 0 rings (SSSR count). The van der Waals surface area contributed by atoms with Gasteiger partial charge in [0.2, 0.25) is 6.41 Å². The lowest BCUT2D eigenvalue weighted by atomic mass is 10.4. The number of hydrogen-bond acceptors (Lipinski definition) is 4. The van der Waals surface area contributed by atoms with Gasteiger partial charge in [-0.25, -0.2) is 0 Å². The van der Waals surface area contributed by atoms with E-state index in [4.69, 9.17) is 10.9 Å². The lowest BCUT2D eigenvalue weighted by Gasteiger charge is -2.06. The second-order valence-electron chi connectivity index (χ2n) is 1.59. The zero-order chi connectivity index (χ0) is 7.11. The highest BCUT2D eigenvalue weighted by Crippen LogP contribution is 1.72. The van der Waals surface area contributed by atoms with Crippen molar-refractivity contribution in [2.45, 2.75) is 6.10 Å². The summed E-state index contributed by atoms with van der Waals surface area (Å²) in [6, 6.07) is 0. The summed E-state index contributed by atoms with van der Waals surface area (Å²) in [6.45, 7) is 0.508. The minimum Gasteiger partial charge on any atom is -0.390 e. The first-order valence-electron chi connectivity index (χ1n) is 2.59. The third kappa shape index (κ3) is 5.22. The second kappa shape index (κ2) is 5.49. The predicted molar refractivity (Wildman–Crippen MR) is 32.3 cm³/mol. The molecule has 0 heterocycles. The van der Waals surface area contributed by atoms with Crippen molar-refractivity contribution in [3.8, 4) is 0 Å². The van der Waals surface area contributed by atoms with Crippen LogP contribution in [-0.4, -0.2) is 30.7 Å². The fourth-order valence-electron chi connectivity index (χ4n) is 0.392. The van der Waals surface area contributed by atoms with Crippen LogP contribution in [0.4, 0.5) is 0 Å². The van der Waals surface area contributed by atoms with E-state index in [0.29, 0.717) is 6.41 Å². The van der Waals surface area contributed by atoms with Gasteiger partial charge in [0, 0.05) is 13.1 Å². The van der Waals surface area contributed by atoms with Crippen LogP contribution in [0.1, 0.15) is 0 Å². The summed E-state index contributed by atoms with van der Waals surface area (Å²) in [5.41, 5.74) is 2.27. The van der Waals surface area contributed by atoms with E-state index in [1.165, 1.54) is 0 Å². The van der Waals surface area contributed by atoms with Gasteiger partial charge in [-0.3, -0.25) is 16.1 Å². The molecular weight excluding hydrogens is 122 g/mol. The zero-order valence-corrected chi connectivity index (χ0v) is 5.00. The quantitative estimate of drug-likeness (QED) is 0.190. The number of carbonyl (C=O) groups excluding carboxylic acids is 1. The standard InChI is InChI=1S/C4H11N3O2/c5-7-2-4(9)1-6-3-8/h3-4,7,9H,1-2,5H2,(H,6,8). The van der Waals surface area contributed by atoms with Crippen molar-refractivity contribution in [2.24, 2.45) is 5.84 Å². The van der Waals surface area contributed by atoms with Crippen LogP contribution in [-0.2, 0) is 4.79 Å². The molecule has 0 spiro atoms. The van der Waals surface area contributed by atoms with Gasteiger partial charge in [0.25, 0.3) is 0 Å². The average Bonchev–Trinajstić information content (AvgIpc) is 1.85. The number of nitrogens with one attached hydrogen (secondary N) is 2. The third-order valence-corrected chi connectivity index (χ3v) is 0.790. The van der Waals surface area contributed by atoms with Crippen molar-refractivity contribution in [3.05, 3.63) is 0 Å². The van der Waals surface area contributed by atoms with Gasteiger partial charge in [-0.15, -0.1) is 0 Å². The van der Waals surface area contributed by atoms with Crippen molar-refractivity contribution in [3.63, 3.8) is 0 Å². The van der Waals surface area contributed by atoms with Crippen LogP contribution < -0.4 is 16.6 Å². The van der Waals surface area contributed by atoms with Crippen molar-refractivity contribution in [2.75, 3.05) is 13.1 Å². The van der Waals surface area contributed by atoms with E-state index in [1.807, 2.05) is 0 Å². The predicted octanol–water partition coefficient (Wildman–Crippen LogP) is -2.44. The highest BCUT2D eigenvalue weighted by atomic mass is 16.3. The molecule has 0 radical (unpaired) electrons. The highest BCUT2D eigenvalue weighted by molar-refractivity contribution is 5.45. The molecule has 0 aliphatic rings. The molecule has 0 aliphatic heterocycles. The van der Waals surface area contributed by atoms with E-state index in [-0.39, 0.29) is 13.1 Å². The van der Waals surface area contributed by atoms with Crippen molar-refractivity contribution >= 4 is 6.41 Å². The molecule has 1 amide bonds. The molecule has 9 heavy (non-hydrogen) atoms. The zero-order valence-electron chi connectivity index (χ0n) is 5.00. The molecule has 0 saturated carbocycles. The van der Waals surface area contributed by atoms with Gasteiger partial charge >= 0.3 is 0 Å². The summed E-state index contributed by atoms with van der Waals surface area (Å²) in [5.74, 6) is 4.88. The molecule has 0 saturated heterocycles. The average molecular weight is 133 g/mol. The number of nitrogens with two attached hydrogens (primary N) is 1. The number of carbonyl (C=O) groups is 1. The monoisotopic (exact) mass is 133 g/mol. The van der Waals surface area contributed by atoms with E-state index >= 15 is 0 Å². The minimum atomic E-state index is -0.611. The summed E-state index contributed by atoms with van der Waals surface area (Å²) < 4.78 is 0. The van der Waals surface area contributed by atoms with Gasteiger partial charge in [0.1, 0.15) is 0 Å². The summed E-state index contributed by atoms with van der Waals surface area (Å²) in [6.07, 6.45) is -0.0834. The number of hydrogen-bond donors (Lipinski definition) is 4. The summed E-state index contributed by atoms with van der Waals surface area (Å²) in [7, 11) is 0. The number of aliphatic hydroxyl groups is 1. The maximum atomic E-state index is 9.64. The molecular formula is C4H11N3O2. The van der Waals surface area contributed by atoms with E-state index in [9.17, 15) is 4.79 Å². The van der Waals surface area contributed by atoms with Crippen LogP contribution in [0.5, 0.6) is 0 Å². The summed E-state index contributed by atoms with van der Waals surface area (Å²) in [5, 5.41) is 11.1. The fourth-order valence-corrected chi connectivity index (χ4v) is 0.392. The molecule has 0 aromatic heterocycles. The van der Waals surface area contributed by atoms with E-state index in [0.717, 1.165) is 0 Å². The van der Waals surface area contributed by atoms with Gasteiger partial charge in [-0.05, 0) is 0 Å². The van der Waals surface area contributed by atoms with Crippen LogP contribution in [0.15, 0.2) is 0 Å². The normalized spacial score (nSPS) is 12.7. The van der Waals surface area contributed by atoms with Crippen molar-refractivity contribution < 1.29 is 9.90 Å². The number of hydrazine groups is 1. The number of aliphatic hydroxyl groups excluding tert-OH is 1. The van der Waals surface area contributed by atoms with Crippen LogP contribution >= 0.6 is 0 Å². The Labute approximate surface area is 53.2 Å². The van der Waals surface area contributed by atoms with Crippen molar-refractivity contribution in [1.82, 2.24) is 10.7 Å². The van der Waals surface area contributed by atoms with Crippen LogP contribution in [0.2, 0.25) is 0 Å². The molecule has 1 atom stereocenters. The molecule has 0 aromatic rings. The molecule has 54 valence electrons. The number of amides is 1. The Kier molecular flexibility index (Phi) is 5.09. The minimum absolute atomic E-state index is 0.230. The molecule has 1 unspecified atom stereocenters. The highest BCUT2D eigenvalue weighted by Gasteiger charge is 1.98. The molecule has 5 N–H and O–H groups in total. The largest absolute Gasteiger partial charge is 0.390 e. The van der Waals surface area contributed by atoms with Crippen LogP contribution in [0.3, 0.4) is 0 Å². The second-order valence-corrected chi connectivity index (χ2v) is 1.59. The Balaban J connectivity index is 3.04. The molecule has 0 fully saturated rings. The fraction of sp³-hybridized carbons (Fsp3) is 0.750. The molecule has 0 aliphatic carbocycles. The Morgan fingerprint density at radius 1 is 1.67 bits per heavy atom. The van der Waals surface area contributed by atoms with Crippen molar-refractivity contribution in [1.29, 1.82) is 0 Å². The summed E-state index contributed by atoms with van der Waals surface area (Å²) in [4.78, 5) is 9.64. The molecule has 0 aromatic carbocycles. The van der Waals surface area contributed by atoms with Gasteiger partial charge in [0.15, 0.2) is 0 Å². The first-order chi connectivity index (χ1) is 4.31. The Bertz CT molecular complexity index is 78.2. The molecule has 5 nitrogen and oxygen atoms in total. The maximum absolute atomic E-state index is 9.64. The first kappa shape index (κ1) is 8.35. The van der Waals surface area contributed by atoms with Crippen LogP contribution in [0.25, 0.3) is 0 Å². The third-order valence-electron chi connectivity index (χ3n) is 0.790. The Hall–Kier alpha value is -0.650. The Morgan fingerprint density at radius 2 is 2.33 bits per heavy atom. The van der Waals surface area contributed by atoms with E-state index in [2.05, 4.69) is 10.7 Å². The van der Waals surface area contributed by atoms with Gasteiger partial charge in [0.05, 0.1) is 6.10 Å². The molecule has 5 heteroatoms.